The summed E-state index contributed by atoms with van der Waals surface area (Å²) in [7, 11) is 1.71. The maximum absolute atomic E-state index is 13.2. The summed E-state index contributed by atoms with van der Waals surface area (Å²) in [6.45, 7) is 2.14. The molecule has 1 saturated heterocycles. The molecule has 0 aliphatic carbocycles. The van der Waals surface area contributed by atoms with Crippen molar-refractivity contribution < 1.29 is 29.0 Å². The monoisotopic (exact) mass is 453 g/mol. The second-order valence-electron chi connectivity index (χ2n) is 8.43. The highest BCUT2D eigenvalue weighted by Crippen LogP contribution is 2.32. The van der Waals surface area contributed by atoms with Crippen molar-refractivity contribution in [1.29, 1.82) is 0 Å². The first kappa shape index (κ1) is 22.6. The lowest BCUT2D eigenvalue weighted by atomic mass is 9.94. The van der Waals surface area contributed by atoms with E-state index < -0.39 is 24.2 Å². The van der Waals surface area contributed by atoms with E-state index in [1.807, 2.05) is 25.1 Å². The molecular formula is C24H27N3O6. The molecule has 0 radical (unpaired) electrons. The lowest BCUT2D eigenvalue weighted by molar-refractivity contribution is -0.148. The molecule has 2 aliphatic heterocycles. The van der Waals surface area contributed by atoms with E-state index in [4.69, 9.17) is 14.6 Å². The van der Waals surface area contributed by atoms with Crippen LogP contribution in [0, 0.1) is 6.92 Å². The van der Waals surface area contributed by atoms with Gasteiger partial charge in [-0.05, 0) is 55.7 Å². The zero-order valence-corrected chi connectivity index (χ0v) is 18.5. The van der Waals surface area contributed by atoms with Gasteiger partial charge in [0, 0.05) is 18.4 Å². The molecule has 2 heterocycles. The summed E-state index contributed by atoms with van der Waals surface area (Å²) in [6, 6.07) is 11.7. The van der Waals surface area contributed by atoms with Crippen molar-refractivity contribution in [3.63, 3.8) is 0 Å². The number of aryl methyl sites for hydroxylation is 1. The first-order valence-electron chi connectivity index (χ1n) is 10.9. The lowest BCUT2D eigenvalue weighted by Gasteiger charge is -2.42. The number of hydrogen-bond donors (Lipinski definition) is 3. The number of anilines is 2. The van der Waals surface area contributed by atoms with Gasteiger partial charge in [-0.15, -0.1) is 0 Å². The Balaban J connectivity index is 1.48. The van der Waals surface area contributed by atoms with Crippen LogP contribution in [0.15, 0.2) is 42.5 Å². The molecule has 0 spiro atoms. The van der Waals surface area contributed by atoms with Crippen LogP contribution >= 0.6 is 0 Å². The molecule has 33 heavy (non-hydrogen) atoms. The van der Waals surface area contributed by atoms with Crippen LogP contribution in [0.1, 0.15) is 35.2 Å². The Labute approximate surface area is 191 Å². The maximum atomic E-state index is 13.2. The third-order valence-electron chi connectivity index (χ3n) is 5.95. The number of benzene rings is 2. The molecule has 2 aliphatic rings. The molecule has 2 aromatic rings. The van der Waals surface area contributed by atoms with E-state index in [0.29, 0.717) is 35.5 Å². The van der Waals surface area contributed by atoms with Crippen LogP contribution in [0.2, 0.25) is 0 Å². The topological polar surface area (TPSA) is 117 Å². The van der Waals surface area contributed by atoms with Crippen molar-refractivity contribution >= 4 is 29.3 Å². The number of carboxylic acid groups (broad SMARTS) is 1. The van der Waals surface area contributed by atoms with Crippen LogP contribution in [0.3, 0.4) is 0 Å². The van der Waals surface area contributed by atoms with E-state index in [1.54, 1.807) is 36.2 Å². The molecule has 3 atom stereocenters. The Hall–Kier alpha value is -3.59. The van der Waals surface area contributed by atoms with Gasteiger partial charge in [0.25, 0.3) is 5.91 Å². The normalized spacial score (nSPS) is 22.2. The Morgan fingerprint density at radius 3 is 2.61 bits per heavy atom. The minimum absolute atomic E-state index is 0.0723. The van der Waals surface area contributed by atoms with Crippen LogP contribution in [0.25, 0.3) is 0 Å². The predicted molar refractivity (Wildman–Crippen MR) is 122 cm³/mol. The highest BCUT2D eigenvalue weighted by molar-refractivity contribution is 6.02. The standard InChI is InChI=1S/C24H27N3O6/c1-14-4-3-5-15(10-14)25-24(31)26-16-6-9-20-18(11-16)23(30)27(2)19-8-7-17(12-22(28)29)33-21(19)13-32-20/h3-6,9-11,17,19,21H,7-8,12-13H2,1-2H3,(H,28,29)(H2,25,26,31)/t17-,19-,21+/m1/s1. The molecule has 3 amide bonds. The van der Waals surface area contributed by atoms with Gasteiger partial charge >= 0.3 is 12.0 Å². The first-order valence-corrected chi connectivity index (χ1v) is 10.9. The average Bonchev–Trinajstić information content (AvgIpc) is 2.76. The number of carboxylic acids is 1. The van der Waals surface area contributed by atoms with E-state index in [2.05, 4.69) is 10.6 Å². The van der Waals surface area contributed by atoms with Crippen molar-refractivity contribution in [3.05, 3.63) is 53.6 Å². The molecule has 2 aromatic carbocycles. The molecule has 0 unspecified atom stereocenters. The Morgan fingerprint density at radius 1 is 1.12 bits per heavy atom. The molecule has 0 aromatic heterocycles. The van der Waals surface area contributed by atoms with Crippen LogP contribution < -0.4 is 15.4 Å². The molecule has 0 bridgehead atoms. The third-order valence-corrected chi connectivity index (χ3v) is 5.95. The van der Waals surface area contributed by atoms with Crippen molar-refractivity contribution in [2.24, 2.45) is 0 Å². The molecule has 9 heteroatoms. The number of nitrogens with zero attached hydrogens (tertiary/aromatic N) is 1. The van der Waals surface area contributed by atoms with E-state index >= 15 is 0 Å². The molecule has 4 rings (SSSR count). The van der Waals surface area contributed by atoms with Crippen molar-refractivity contribution in [1.82, 2.24) is 4.90 Å². The van der Waals surface area contributed by atoms with Crippen LogP contribution in [0.4, 0.5) is 16.2 Å². The minimum Gasteiger partial charge on any atom is -0.490 e. The number of urea groups is 1. The number of carbonyl (C=O) groups is 3. The number of hydrogen-bond acceptors (Lipinski definition) is 5. The minimum atomic E-state index is -0.911. The van der Waals surface area contributed by atoms with Crippen LogP contribution in [-0.2, 0) is 9.53 Å². The van der Waals surface area contributed by atoms with Gasteiger partial charge in [-0.25, -0.2) is 4.79 Å². The van der Waals surface area contributed by atoms with Gasteiger partial charge in [-0.2, -0.15) is 0 Å². The van der Waals surface area contributed by atoms with Crippen molar-refractivity contribution in [2.75, 3.05) is 24.3 Å². The van der Waals surface area contributed by atoms with Gasteiger partial charge in [-0.1, -0.05) is 12.1 Å². The van der Waals surface area contributed by atoms with Gasteiger partial charge in [0.2, 0.25) is 0 Å². The molecule has 3 N–H and O–H groups in total. The number of fused-ring (bicyclic) bond motifs is 2. The number of nitrogens with one attached hydrogen (secondary N) is 2. The summed E-state index contributed by atoms with van der Waals surface area (Å²) in [5.41, 5.74) is 2.50. The zero-order valence-electron chi connectivity index (χ0n) is 18.5. The summed E-state index contributed by atoms with van der Waals surface area (Å²) < 4.78 is 11.8. The lowest BCUT2D eigenvalue weighted by Crippen LogP contribution is -2.53. The summed E-state index contributed by atoms with van der Waals surface area (Å²) >= 11 is 0. The predicted octanol–water partition coefficient (Wildman–Crippen LogP) is 3.49. The summed E-state index contributed by atoms with van der Waals surface area (Å²) in [4.78, 5) is 38.3. The first-order chi connectivity index (χ1) is 15.8. The Bertz CT molecular complexity index is 1070. The van der Waals surface area contributed by atoms with E-state index in [0.717, 1.165) is 5.56 Å². The summed E-state index contributed by atoms with van der Waals surface area (Å²) in [6.07, 6.45) is 0.298. The second kappa shape index (κ2) is 9.50. The number of ether oxygens (including phenoxy) is 2. The van der Waals surface area contributed by atoms with Gasteiger partial charge in [0.1, 0.15) is 18.5 Å². The van der Waals surface area contributed by atoms with Crippen LogP contribution in [-0.4, -0.2) is 59.8 Å². The maximum Gasteiger partial charge on any atom is 0.323 e. The van der Waals surface area contributed by atoms with Crippen LogP contribution in [0.5, 0.6) is 5.75 Å². The smallest absolute Gasteiger partial charge is 0.323 e. The number of rotatable bonds is 4. The molecule has 1 fully saturated rings. The fourth-order valence-electron chi connectivity index (χ4n) is 4.32. The fraction of sp³-hybridized carbons (Fsp3) is 0.375. The van der Waals surface area contributed by atoms with Gasteiger partial charge in [0.15, 0.2) is 0 Å². The SMILES string of the molecule is Cc1cccc(NC(=O)Nc2ccc3c(c2)C(=O)N(C)[C@@H]2CC[C@H](CC(=O)O)O[C@H]2CO3)c1. The third kappa shape index (κ3) is 5.25. The largest absolute Gasteiger partial charge is 0.490 e. The average molecular weight is 453 g/mol. The summed E-state index contributed by atoms with van der Waals surface area (Å²) in [5, 5.41) is 14.6. The summed E-state index contributed by atoms with van der Waals surface area (Å²) in [5.74, 6) is -0.770. The molecule has 9 nitrogen and oxygen atoms in total. The highest BCUT2D eigenvalue weighted by atomic mass is 16.5. The number of carbonyl (C=O) groups excluding carboxylic acids is 2. The second-order valence-corrected chi connectivity index (χ2v) is 8.43. The molecule has 0 saturated carbocycles. The van der Waals surface area contributed by atoms with Gasteiger partial charge < -0.3 is 30.1 Å². The number of aliphatic carboxylic acids is 1. The number of likely N-dealkylation sites (N-methyl/N-ethyl adjacent to an activating group) is 1. The van der Waals surface area contributed by atoms with E-state index in [9.17, 15) is 14.4 Å². The van der Waals surface area contributed by atoms with E-state index in [1.165, 1.54) is 0 Å². The highest BCUT2D eigenvalue weighted by Gasteiger charge is 2.39. The van der Waals surface area contributed by atoms with E-state index in [-0.39, 0.29) is 25.0 Å². The zero-order chi connectivity index (χ0) is 23.5. The van der Waals surface area contributed by atoms with Gasteiger partial charge in [-0.3, -0.25) is 9.59 Å². The van der Waals surface area contributed by atoms with Gasteiger partial charge in [0.05, 0.1) is 24.1 Å². The Kier molecular flexibility index (Phi) is 6.50. The number of amides is 3. The molecule has 174 valence electrons. The Morgan fingerprint density at radius 2 is 1.88 bits per heavy atom. The molecular weight excluding hydrogens is 426 g/mol. The quantitative estimate of drug-likeness (QED) is 0.652. The van der Waals surface area contributed by atoms with Crippen molar-refractivity contribution in [3.8, 4) is 5.75 Å². The fourth-order valence-corrected chi connectivity index (χ4v) is 4.32. The van der Waals surface area contributed by atoms with Crippen molar-refractivity contribution in [2.45, 2.75) is 44.4 Å².